The minimum Gasteiger partial charge on any atom is -0.383 e. The van der Waals surface area contributed by atoms with Crippen LogP contribution < -0.4 is 4.90 Å². The Kier molecular flexibility index (Phi) is 5.25. The van der Waals surface area contributed by atoms with Crippen molar-refractivity contribution in [3.63, 3.8) is 0 Å². The lowest BCUT2D eigenvalue weighted by Gasteiger charge is -2.28. The van der Waals surface area contributed by atoms with E-state index in [9.17, 15) is 0 Å². The van der Waals surface area contributed by atoms with Crippen LogP contribution in [0.15, 0.2) is 6.20 Å². The van der Waals surface area contributed by atoms with Crippen molar-refractivity contribution in [2.24, 2.45) is 0 Å². The second-order valence-electron chi connectivity index (χ2n) is 3.59. The lowest BCUT2D eigenvalue weighted by molar-refractivity contribution is 0.203. The number of hydrogen-bond acceptors (Lipinski definition) is 4. The summed E-state index contributed by atoms with van der Waals surface area (Å²) in [6.45, 7) is 5.43. The molecule has 6 heteroatoms. The van der Waals surface area contributed by atoms with Crippen molar-refractivity contribution in [3.8, 4) is 0 Å². The highest BCUT2D eigenvalue weighted by molar-refractivity contribution is 6.33. The van der Waals surface area contributed by atoms with Crippen LogP contribution in [0.1, 0.15) is 13.8 Å². The molecular formula is C10H15Cl2N3O. The van der Waals surface area contributed by atoms with Gasteiger partial charge in [-0.2, -0.15) is 4.98 Å². The van der Waals surface area contributed by atoms with Crippen molar-refractivity contribution in [2.45, 2.75) is 19.9 Å². The van der Waals surface area contributed by atoms with Crippen molar-refractivity contribution in [1.29, 1.82) is 0 Å². The molecular weight excluding hydrogens is 249 g/mol. The fourth-order valence-electron chi connectivity index (χ4n) is 1.34. The SMILES string of the molecule is COCCN(c1nc(Cl)ncc1Cl)C(C)C. The molecule has 0 aliphatic heterocycles. The van der Waals surface area contributed by atoms with Crippen LogP contribution in [0.5, 0.6) is 0 Å². The van der Waals surface area contributed by atoms with E-state index in [1.807, 2.05) is 4.90 Å². The lowest BCUT2D eigenvalue weighted by Crippen LogP contribution is -2.34. The molecule has 0 spiro atoms. The molecule has 0 saturated heterocycles. The van der Waals surface area contributed by atoms with E-state index < -0.39 is 0 Å². The van der Waals surface area contributed by atoms with Crippen molar-refractivity contribution >= 4 is 29.0 Å². The van der Waals surface area contributed by atoms with Crippen LogP contribution >= 0.6 is 23.2 Å². The van der Waals surface area contributed by atoms with E-state index in [-0.39, 0.29) is 11.3 Å². The van der Waals surface area contributed by atoms with E-state index in [0.717, 1.165) is 0 Å². The zero-order valence-electron chi connectivity index (χ0n) is 9.57. The van der Waals surface area contributed by atoms with Crippen LogP contribution in [-0.2, 0) is 4.74 Å². The van der Waals surface area contributed by atoms with E-state index in [0.29, 0.717) is 24.0 Å². The first kappa shape index (κ1) is 13.5. The molecule has 0 saturated carbocycles. The van der Waals surface area contributed by atoms with Gasteiger partial charge < -0.3 is 9.64 Å². The summed E-state index contributed by atoms with van der Waals surface area (Å²) in [7, 11) is 1.66. The van der Waals surface area contributed by atoms with Gasteiger partial charge in [0.2, 0.25) is 5.28 Å². The third-order valence-electron chi connectivity index (χ3n) is 2.13. The van der Waals surface area contributed by atoms with Crippen LogP contribution in [0.4, 0.5) is 5.82 Å². The first-order valence-corrected chi connectivity index (χ1v) is 5.75. The van der Waals surface area contributed by atoms with Gasteiger partial charge in [0.1, 0.15) is 5.02 Å². The van der Waals surface area contributed by atoms with E-state index in [1.165, 1.54) is 6.20 Å². The van der Waals surface area contributed by atoms with E-state index in [1.54, 1.807) is 7.11 Å². The van der Waals surface area contributed by atoms with Crippen LogP contribution in [0.2, 0.25) is 10.3 Å². The van der Waals surface area contributed by atoms with Gasteiger partial charge in [0.05, 0.1) is 12.8 Å². The summed E-state index contributed by atoms with van der Waals surface area (Å²) in [5.41, 5.74) is 0. The first-order chi connectivity index (χ1) is 7.56. The highest BCUT2D eigenvalue weighted by atomic mass is 35.5. The van der Waals surface area contributed by atoms with Gasteiger partial charge in [0.15, 0.2) is 5.82 Å². The number of ether oxygens (including phenoxy) is 1. The number of halogens is 2. The van der Waals surface area contributed by atoms with Gasteiger partial charge in [-0.25, -0.2) is 4.98 Å². The molecule has 0 amide bonds. The molecule has 0 bridgehead atoms. The molecule has 90 valence electrons. The normalized spacial score (nSPS) is 10.9. The Bertz CT molecular complexity index is 347. The molecule has 0 atom stereocenters. The summed E-state index contributed by atoms with van der Waals surface area (Å²) in [5.74, 6) is 0.647. The van der Waals surface area contributed by atoms with E-state index in [4.69, 9.17) is 27.9 Å². The molecule has 0 aromatic carbocycles. The van der Waals surface area contributed by atoms with Gasteiger partial charge in [-0.05, 0) is 25.4 Å². The Morgan fingerprint density at radius 3 is 2.69 bits per heavy atom. The van der Waals surface area contributed by atoms with Crippen molar-refractivity contribution in [3.05, 3.63) is 16.5 Å². The number of nitrogens with zero attached hydrogens (tertiary/aromatic N) is 3. The monoisotopic (exact) mass is 263 g/mol. The Hall–Kier alpha value is -0.580. The van der Waals surface area contributed by atoms with Gasteiger partial charge >= 0.3 is 0 Å². The molecule has 1 aromatic rings. The first-order valence-electron chi connectivity index (χ1n) is 5.00. The number of rotatable bonds is 5. The quantitative estimate of drug-likeness (QED) is 0.766. The van der Waals surface area contributed by atoms with Gasteiger partial charge in [0.25, 0.3) is 0 Å². The summed E-state index contributed by atoms with van der Waals surface area (Å²) < 4.78 is 5.05. The molecule has 16 heavy (non-hydrogen) atoms. The second-order valence-corrected chi connectivity index (χ2v) is 4.34. The third kappa shape index (κ3) is 3.47. The van der Waals surface area contributed by atoms with Gasteiger partial charge in [0, 0.05) is 19.7 Å². The highest BCUT2D eigenvalue weighted by Gasteiger charge is 2.16. The van der Waals surface area contributed by atoms with Crippen LogP contribution in [0.3, 0.4) is 0 Å². The molecule has 1 heterocycles. The summed E-state index contributed by atoms with van der Waals surface area (Å²) in [6, 6.07) is 0.263. The standard InChI is InChI=1S/C10H15Cl2N3O/c1-7(2)15(4-5-16-3)9-8(11)6-13-10(12)14-9/h6-7H,4-5H2,1-3H3. The lowest BCUT2D eigenvalue weighted by atomic mass is 10.3. The Labute approximate surface area is 106 Å². The molecule has 1 rings (SSSR count). The Morgan fingerprint density at radius 2 is 2.12 bits per heavy atom. The maximum Gasteiger partial charge on any atom is 0.224 e. The van der Waals surface area contributed by atoms with Gasteiger partial charge in [-0.1, -0.05) is 11.6 Å². The number of methoxy groups -OCH3 is 1. The fraction of sp³-hybridized carbons (Fsp3) is 0.600. The largest absolute Gasteiger partial charge is 0.383 e. The van der Waals surface area contributed by atoms with Crippen LogP contribution in [0, 0.1) is 0 Å². The predicted octanol–water partition coefficient (Wildman–Crippen LogP) is 2.64. The van der Waals surface area contributed by atoms with Crippen molar-refractivity contribution in [2.75, 3.05) is 25.2 Å². The minimum absolute atomic E-state index is 0.197. The maximum absolute atomic E-state index is 6.05. The van der Waals surface area contributed by atoms with Crippen molar-refractivity contribution in [1.82, 2.24) is 9.97 Å². The second kappa shape index (κ2) is 6.23. The van der Waals surface area contributed by atoms with Gasteiger partial charge in [-0.15, -0.1) is 0 Å². The molecule has 0 unspecified atom stereocenters. The molecule has 0 fully saturated rings. The zero-order chi connectivity index (χ0) is 12.1. The zero-order valence-corrected chi connectivity index (χ0v) is 11.1. The molecule has 1 aromatic heterocycles. The smallest absolute Gasteiger partial charge is 0.224 e. The molecule has 0 aliphatic carbocycles. The minimum atomic E-state index is 0.197. The van der Waals surface area contributed by atoms with Gasteiger partial charge in [-0.3, -0.25) is 0 Å². The average molecular weight is 264 g/mol. The van der Waals surface area contributed by atoms with Crippen LogP contribution in [0.25, 0.3) is 0 Å². The maximum atomic E-state index is 6.05. The number of aromatic nitrogens is 2. The summed E-state index contributed by atoms with van der Waals surface area (Å²) in [6.07, 6.45) is 1.51. The number of hydrogen-bond donors (Lipinski definition) is 0. The summed E-state index contributed by atoms with van der Waals surface area (Å²) >= 11 is 11.8. The summed E-state index contributed by atoms with van der Waals surface area (Å²) in [5, 5.41) is 0.691. The summed E-state index contributed by atoms with van der Waals surface area (Å²) in [4.78, 5) is 9.99. The van der Waals surface area contributed by atoms with E-state index >= 15 is 0 Å². The van der Waals surface area contributed by atoms with Crippen LogP contribution in [-0.4, -0.2) is 36.3 Å². The molecule has 4 nitrogen and oxygen atoms in total. The van der Waals surface area contributed by atoms with Crippen molar-refractivity contribution < 1.29 is 4.74 Å². The highest BCUT2D eigenvalue weighted by Crippen LogP contribution is 2.25. The molecule has 0 radical (unpaired) electrons. The predicted molar refractivity (Wildman–Crippen MR) is 66.4 cm³/mol. The Morgan fingerprint density at radius 1 is 1.44 bits per heavy atom. The molecule has 0 N–H and O–H groups in total. The average Bonchev–Trinajstić information content (AvgIpc) is 2.23. The fourth-order valence-corrected chi connectivity index (χ4v) is 1.67. The molecule has 0 aliphatic rings. The number of anilines is 1. The third-order valence-corrected chi connectivity index (χ3v) is 2.58. The Balaban J connectivity index is 2.95. The topological polar surface area (TPSA) is 38.2 Å². The van der Waals surface area contributed by atoms with E-state index in [2.05, 4.69) is 23.8 Å².